The van der Waals surface area contributed by atoms with Gasteiger partial charge in [0.25, 0.3) is 0 Å². The van der Waals surface area contributed by atoms with E-state index in [9.17, 15) is 4.79 Å². The fourth-order valence-corrected chi connectivity index (χ4v) is 2.23. The van der Waals surface area contributed by atoms with Gasteiger partial charge in [0.05, 0.1) is 16.9 Å². The van der Waals surface area contributed by atoms with Crippen LogP contribution in [0.15, 0.2) is 60.7 Å². The highest BCUT2D eigenvalue weighted by atomic mass is 16.4. The van der Waals surface area contributed by atoms with E-state index in [1.165, 1.54) is 12.1 Å². The summed E-state index contributed by atoms with van der Waals surface area (Å²) in [7, 11) is 0. The van der Waals surface area contributed by atoms with Gasteiger partial charge in [-0.25, -0.2) is 4.79 Å². The molecule has 0 unspecified atom stereocenters. The van der Waals surface area contributed by atoms with Crippen molar-refractivity contribution in [1.82, 2.24) is 0 Å². The minimum absolute atomic E-state index is 0.177. The number of nitrogen functional groups attached to an aromatic ring is 1. The molecule has 0 heterocycles. The molecule has 0 bridgehead atoms. The number of hydrogen-bond donors (Lipinski definition) is 3. The molecule has 0 saturated heterocycles. The van der Waals surface area contributed by atoms with Gasteiger partial charge in [-0.1, -0.05) is 30.3 Å². The van der Waals surface area contributed by atoms with Gasteiger partial charge < -0.3 is 16.2 Å². The van der Waals surface area contributed by atoms with Crippen LogP contribution in [0.1, 0.15) is 10.4 Å². The van der Waals surface area contributed by atoms with Crippen LogP contribution in [0.4, 0.5) is 17.1 Å². The fourth-order valence-electron chi connectivity index (χ4n) is 2.23. The van der Waals surface area contributed by atoms with E-state index in [2.05, 4.69) is 11.4 Å². The molecule has 4 nitrogen and oxygen atoms in total. The van der Waals surface area contributed by atoms with E-state index >= 15 is 0 Å². The van der Waals surface area contributed by atoms with Crippen molar-refractivity contribution in [2.24, 2.45) is 0 Å². The van der Waals surface area contributed by atoms with Crippen molar-refractivity contribution in [2.45, 2.75) is 0 Å². The van der Waals surface area contributed by atoms with Gasteiger partial charge in [-0.3, -0.25) is 0 Å². The first-order valence-corrected chi connectivity index (χ1v) is 6.52. The van der Waals surface area contributed by atoms with Crippen molar-refractivity contribution < 1.29 is 9.90 Å². The van der Waals surface area contributed by atoms with Crippen LogP contribution in [0.5, 0.6) is 0 Å². The second kappa shape index (κ2) is 5.17. The Morgan fingerprint density at radius 1 is 0.952 bits per heavy atom. The number of benzene rings is 3. The van der Waals surface area contributed by atoms with Crippen LogP contribution in [0.2, 0.25) is 0 Å². The highest BCUT2D eigenvalue weighted by Gasteiger charge is 2.06. The Kier molecular flexibility index (Phi) is 3.20. The topological polar surface area (TPSA) is 75.4 Å². The summed E-state index contributed by atoms with van der Waals surface area (Å²) >= 11 is 0. The lowest BCUT2D eigenvalue weighted by molar-refractivity contribution is 0.0697. The summed E-state index contributed by atoms with van der Waals surface area (Å²) in [6.45, 7) is 0. The third-order valence-corrected chi connectivity index (χ3v) is 3.33. The number of carbonyl (C=O) groups is 1. The second-order valence-electron chi connectivity index (χ2n) is 4.79. The normalized spacial score (nSPS) is 10.5. The number of anilines is 3. The van der Waals surface area contributed by atoms with E-state index in [-0.39, 0.29) is 5.56 Å². The van der Waals surface area contributed by atoms with E-state index in [1.807, 2.05) is 36.4 Å². The summed E-state index contributed by atoms with van der Waals surface area (Å²) in [6.07, 6.45) is 0. The molecule has 3 aromatic rings. The van der Waals surface area contributed by atoms with Gasteiger partial charge in [0.15, 0.2) is 0 Å². The zero-order chi connectivity index (χ0) is 14.8. The lowest BCUT2D eigenvalue weighted by atomic mass is 10.1. The zero-order valence-corrected chi connectivity index (χ0v) is 11.2. The quantitative estimate of drug-likeness (QED) is 0.636. The third kappa shape index (κ3) is 2.65. The van der Waals surface area contributed by atoms with Crippen molar-refractivity contribution in [1.29, 1.82) is 0 Å². The van der Waals surface area contributed by atoms with Crippen molar-refractivity contribution in [3.63, 3.8) is 0 Å². The second-order valence-corrected chi connectivity index (χ2v) is 4.79. The molecule has 0 saturated carbocycles. The van der Waals surface area contributed by atoms with E-state index in [1.54, 1.807) is 6.07 Å². The minimum Gasteiger partial charge on any atom is -0.478 e. The molecule has 0 fully saturated rings. The molecular formula is C17H14N2O2. The van der Waals surface area contributed by atoms with E-state index < -0.39 is 5.97 Å². The molecule has 3 rings (SSSR count). The number of nitrogens with one attached hydrogen (secondary N) is 1. The van der Waals surface area contributed by atoms with Crippen molar-refractivity contribution in [3.8, 4) is 0 Å². The predicted octanol–water partition coefficient (Wildman–Crippen LogP) is 3.86. The first-order valence-electron chi connectivity index (χ1n) is 6.52. The number of hydrogen-bond acceptors (Lipinski definition) is 3. The summed E-state index contributed by atoms with van der Waals surface area (Å²) in [4.78, 5) is 10.9. The van der Waals surface area contributed by atoms with E-state index in [4.69, 9.17) is 10.8 Å². The Bertz CT molecular complexity index is 828. The summed E-state index contributed by atoms with van der Waals surface area (Å²) in [5, 5.41) is 14.4. The smallest absolute Gasteiger partial charge is 0.335 e. The molecule has 0 radical (unpaired) electrons. The third-order valence-electron chi connectivity index (χ3n) is 3.33. The minimum atomic E-state index is -0.987. The largest absolute Gasteiger partial charge is 0.478 e. The molecule has 0 aliphatic rings. The van der Waals surface area contributed by atoms with Crippen LogP contribution in [-0.2, 0) is 0 Å². The Hall–Kier alpha value is -3.01. The number of carboxylic acids is 1. The van der Waals surface area contributed by atoms with Gasteiger partial charge >= 0.3 is 5.97 Å². The number of rotatable bonds is 3. The van der Waals surface area contributed by atoms with Crippen molar-refractivity contribution >= 4 is 33.8 Å². The van der Waals surface area contributed by atoms with E-state index in [0.717, 1.165) is 16.5 Å². The first-order chi connectivity index (χ1) is 10.1. The van der Waals surface area contributed by atoms with Crippen LogP contribution in [-0.4, -0.2) is 11.1 Å². The average molecular weight is 278 g/mol. The lowest BCUT2D eigenvalue weighted by Gasteiger charge is -2.11. The fraction of sp³-hybridized carbons (Fsp3) is 0. The van der Waals surface area contributed by atoms with Crippen LogP contribution >= 0.6 is 0 Å². The van der Waals surface area contributed by atoms with Gasteiger partial charge in [0.1, 0.15) is 0 Å². The zero-order valence-electron chi connectivity index (χ0n) is 11.2. The van der Waals surface area contributed by atoms with Crippen LogP contribution in [0, 0.1) is 0 Å². The van der Waals surface area contributed by atoms with E-state index in [0.29, 0.717) is 11.4 Å². The number of nitrogens with two attached hydrogens (primary N) is 1. The molecule has 0 spiro atoms. The summed E-state index contributed by atoms with van der Waals surface area (Å²) in [6, 6.07) is 18.8. The number of aromatic carboxylic acids is 1. The van der Waals surface area contributed by atoms with Crippen LogP contribution < -0.4 is 11.1 Å². The monoisotopic (exact) mass is 278 g/mol. The SMILES string of the molecule is Nc1cc(C(=O)O)ccc1Nc1ccc2ccccc2c1. The maximum atomic E-state index is 10.9. The van der Waals surface area contributed by atoms with Crippen LogP contribution in [0.3, 0.4) is 0 Å². The average Bonchev–Trinajstić information content (AvgIpc) is 2.49. The molecular weight excluding hydrogens is 264 g/mol. The first kappa shape index (κ1) is 13.0. The standard InChI is InChI=1S/C17H14N2O2/c18-15-10-13(17(20)21)6-8-16(15)19-14-7-5-11-3-1-2-4-12(11)9-14/h1-10,19H,18H2,(H,20,21). The Balaban J connectivity index is 1.93. The highest BCUT2D eigenvalue weighted by Crippen LogP contribution is 2.26. The molecule has 3 aromatic carbocycles. The predicted molar refractivity (Wildman–Crippen MR) is 85.0 cm³/mol. The molecule has 4 N–H and O–H groups in total. The Labute approximate surface area is 121 Å². The lowest BCUT2D eigenvalue weighted by Crippen LogP contribution is -2.01. The summed E-state index contributed by atoms with van der Waals surface area (Å²) in [5.74, 6) is -0.987. The maximum absolute atomic E-state index is 10.9. The molecule has 4 heteroatoms. The van der Waals surface area contributed by atoms with Crippen molar-refractivity contribution in [2.75, 3.05) is 11.1 Å². The Morgan fingerprint density at radius 2 is 1.71 bits per heavy atom. The highest BCUT2D eigenvalue weighted by molar-refractivity contribution is 5.91. The summed E-state index contributed by atoms with van der Waals surface area (Å²) < 4.78 is 0. The molecule has 104 valence electrons. The molecule has 0 aliphatic heterocycles. The molecule has 0 aromatic heterocycles. The molecule has 0 aliphatic carbocycles. The van der Waals surface area contributed by atoms with Crippen LogP contribution in [0.25, 0.3) is 10.8 Å². The van der Waals surface area contributed by atoms with Gasteiger partial charge in [0, 0.05) is 5.69 Å². The molecule has 0 atom stereocenters. The number of fused-ring (bicyclic) bond motifs is 1. The van der Waals surface area contributed by atoms with Gasteiger partial charge in [-0.15, -0.1) is 0 Å². The molecule has 0 amide bonds. The van der Waals surface area contributed by atoms with Crippen molar-refractivity contribution in [3.05, 3.63) is 66.2 Å². The maximum Gasteiger partial charge on any atom is 0.335 e. The van der Waals surface area contributed by atoms with Gasteiger partial charge in [0.2, 0.25) is 0 Å². The summed E-state index contributed by atoms with van der Waals surface area (Å²) in [5.41, 5.74) is 8.07. The van der Waals surface area contributed by atoms with Gasteiger partial charge in [-0.2, -0.15) is 0 Å². The van der Waals surface area contributed by atoms with Gasteiger partial charge in [-0.05, 0) is 41.1 Å². The number of carboxylic acid groups (broad SMARTS) is 1. The Morgan fingerprint density at radius 3 is 2.43 bits per heavy atom. The molecule has 21 heavy (non-hydrogen) atoms.